The lowest BCUT2D eigenvalue weighted by Gasteiger charge is -2.18. The molecule has 0 fully saturated rings. The highest BCUT2D eigenvalue weighted by Crippen LogP contribution is 2.16. The molecule has 6 heteroatoms. The van der Waals surface area contributed by atoms with Gasteiger partial charge in [-0.1, -0.05) is 259 Å². The highest BCUT2D eigenvalue weighted by Gasteiger charge is 2.19. The molecule has 0 radical (unpaired) electrons. The van der Waals surface area contributed by atoms with Gasteiger partial charge in [-0.2, -0.15) is 0 Å². The standard InChI is InChI=1S/C65H110O6/c1-4-7-10-13-16-19-22-25-28-30-32-34-37-40-43-46-49-52-55-58-64(67)70-61-62(60-69-63(66)57-54-51-48-45-42-39-36-27-24-21-18-15-12-9-6-3)71-65(68)59-56-53-50-47-44-41-38-35-33-31-29-26-23-20-17-14-11-8-5-2/h7,9-10,12,16,18-19,21,25,27-28,32,34,36,42,45,62H,4-6,8,11,13-15,17,20,22-24,26,29-31,33,35,37-41,43-44,46-61H2,1-3H3/b10-7-,12-9-,19-16-,21-18-,28-25-,34-32-,36-27-,45-42-. The van der Waals surface area contributed by atoms with Crippen LogP contribution in [-0.4, -0.2) is 37.2 Å². The maximum Gasteiger partial charge on any atom is 0.306 e. The van der Waals surface area contributed by atoms with Crippen LogP contribution in [0.5, 0.6) is 0 Å². The summed E-state index contributed by atoms with van der Waals surface area (Å²) in [7, 11) is 0. The smallest absolute Gasteiger partial charge is 0.306 e. The molecule has 0 bridgehead atoms. The van der Waals surface area contributed by atoms with Gasteiger partial charge in [-0.05, 0) is 96.3 Å². The summed E-state index contributed by atoms with van der Waals surface area (Å²) >= 11 is 0. The fourth-order valence-electron chi connectivity index (χ4n) is 8.19. The van der Waals surface area contributed by atoms with E-state index in [0.717, 1.165) is 122 Å². The lowest BCUT2D eigenvalue weighted by molar-refractivity contribution is -0.167. The van der Waals surface area contributed by atoms with Gasteiger partial charge in [0.25, 0.3) is 0 Å². The molecule has 0 aliphatic heterocycles. The SMILES string of the molecule is CC/C=C\C/C=C\C/C=C\C/C=C\CCCCCCCCC(=O)OCC(COC(=O)CCCC/C=C\C/C=C\C/C=C\C/C=C\CC)OC(=O)CCCCCCCCCCCCCCCCCCCCC. The fourth-order valence-corrected chi connectivity index (χ4v) is 8.19. The molecule has 0 aromatic heterocycles. The minimum Gasteiger partial charge on any atom is -0.462 e. The molecule has 0 saturated carbocycles. The topological polar surface area (TPSA) is 78.9 Å². The first kappa shape index (κ1) is 67.3. The van der Waals surface area contributed by atoms with Crippen LogP contribution in [0.15, 0.2) is 97.2 Å². The second-order valence-corrected chi connectivity index (χ2v) is 19.5. The molecule has 0 heterocycles. The molecule has 0 amide bonds. The summed E-state index contributed by atoms with van der Waals surface area (Å²) in [4.78, 5) is 38.2. The number of hydrogen-bond donors (Lipinski definition) is 0. The largest absolute Gasteiger partial charge is 0.462 e. The van der Waals surface area contributed by atoms with Crippen LogP contribution in [0.1, 0.15) is 278 Å². The maximum atomic E-state index is 12.9. The molecule has 6 nitrogen and oxygen atoms in total. The third-order valence-electron chi connectivity index (χ3n) is 12.6. The Bertz CT molecular complexity index is 1410. The zero-order chi connectivity index (χ0) is 51.4. The molecule has 1 unspecified atom stereocenters. The number of unbranched alkanes of at least 4 members (excludes halogenated alkanes) is 26. The van der Waals surface area contributed by atoms with Gasteiger partial charge in [0.05, 0.1) is 0 Å². The summed E-state index contributed by atoms with van der Waals surface area (Å²) < 4.78 is 16.9. The van der Waals surface area contributed by atoms with Crippen LogP contribution in [-0.2, 0) is 28.6 Å². The molecular weight excluding hydrogens is 877 g/mol. The van der Waals surface area contributed by atoms with Gasteiger partial charge in [-0.3, -0.25) is 14.4 Å². The second-order valence-electron chi connectivity index (χ2n) is 19.5. The van der Waals surface area contributed by atoms with Crippen molar-refractivity contribution in [1.29, 1.82) is 0 Å². The van der Waals surface area contributed by atoms with Crippen molar-refractivity contribution < 1.29 is 28.6 Å². The predicted octanol–water partition coefficient (Wildman–Crippen LogP) is 20.1. The van der Waals surface area contributed by atoms with Crippen molar-refractivity contribution in [2.24, 2.45) is 0 Å². The lowest BCUT2D eigenvalue weighted by Crippen LogP contribution is -2.30. The van der Waals surface area contributed by atoms with Crippen LogP contribution in [0.2, 0.25) is 0 Å². The number of allylic oxidation sites excluding steroid dienone is 16. The van der Waals surface area contributed by atoms with Gasteiger partial charge in [0.2, 0.25) is 0 Å². The van der Waals surface area contributed by atoms with E-state index in [1.54, 1.807) is 0 Å². The molecule has 0 aliphatic rings. The zero-order valence-electron chi connectivity index (χ0n) is 46.5. The second kappa shape index (κ2) is 58.9. The summed E-state index contributed by atoms with van der Waals surface area (Å²) in [5, 5.41) is 0. The molecule has 0 aliphatic carbocycles. The molecule has 0 spiro atoms. The van der Waals surface area contributed by atoms with Gasteiger partial charge in [0.15, 0.2) is 6.10 Å². The fraction of sp³-hybridized carbons (Fsp3) is 0.708. The minimum atomic E-state index is -0.801. The van der Waals surface area contributed by atoms with Crippen molar-refractivity contribution in [3.8, 4) is 0 Å². The third kappa shape index (κ3) is 57.1. The van der Waals surface area contributed by atoms with Crippen LogP contribution in [0.4, 0.5) is 0 Å². The Labute approximate surface area is 438 Å². The molecule has 71 heavy (non-hydrogen) atoms. The zero-order valence-corrected chi connectivity index (χ0v) is 46.5. The summed E-state index contributed by atoms with van der Waals surface area (Å²) in [6.45, 7) is 6.39. The van der Waals surface area contributed by atoms with Crippen molar-refractivity contribution in [2.75, 3.05) is 13.2 Å². The highest BCUT2D eigenvalue weighted by atomic mass is 16.6. The van der Waals surface area contributed by atoms with Crippen molar-refractivity contribution in [2.45, 2.75) is 284 Å². The first-order valence-corrected chi connectivity index (χ1v) is 29.7. The average molecular weight is 988 g/mol. The highest BCUT2D eigenvalue weighted by molar-refractivity contribution is 5.71. The minimum absolute atomic E-state index is 0.0970. The molecule has 0 N–H and O–H groups in total. The number of ether oxygens (including phenoxy) is 3. The van der Waals surface area contributed by atoms with E-state index >= 15 is 0 Å². The molecule has 0 aromatic carbocycles. The van der Waals surface area contributed by atoms with E-state index in [2.05, 4.69) is 118 Å². The van der Waals surface area contributed by atoms with E-state index in [1.165, 1.54) is 116 Å². The van der Waals surface area contributed by atoms with Crippen LogP contribution in [0.25, 0.3) is 0 Å². The first-order chi connectivity index (χ1) is 35.0. The normalized spacial score (nSPS) is 12.8. The Morgan fingerprint density at radius 1 is 0.296 bits per heavy atom. The van der Waals surface area contributed by atoms with Gasteiger partial charge < -0.3 is 14.2 Å². The number of esters is 3. The molecule has 0 rings (SSSR count). The van der Waals surface area contributed by atoms with Gasteiger partial charge in [0.1, 0.15) is 13.2 Å². The van der Waals surface area contributed by atoms with Gasteiger partial charge >= 0.3 is 17.9 Å². The molecule has 0 aromatic rings. The van der Waals surface area contributed by atoms with E-state index in [1.807, 2.05) is 0 Å². The maximum absolute atomic E-state index is 12.9. The number of carbonyl (C=O) groups excluding carboxylic acids is 3. The predicted molar refractivity (Wildman–Crippen MR) is 307 cm³/mol. The van der Waals surface area contributed by atoms with E-state index in [4.69, 9.17) is 14.2 Å². The lowest BCUT2D eigenvalue weighted by atomic mass is 10.0. The summed E-state index contributed by atoms with van der Waals surface area (Å²) in [6.07, 6.45) is 78.3. The van der Waals surface area contributed by atoms with E-state index in [0.29, 0.717) is 19.3 Å². The number of rotatable bonds is 53. The Balaban J connectivity index is 4.44. The number of carbonyl (C=O) groups is 3. The van der Waals surface area contributed by atoms with Gasteiger partial charge in [-0.25, -0.2) is 0 Å². The van der Waals surface area contributed by atoms with Crippen molar-refractivity contribution >= 4 is 17.9 Å². The van der Waals surface area contributed by atoms with Gasteiger partial charge in [-0.15, -0.1) is 0 Å². The van der Waals surface area contributed by atoms with Crippen LogP contribution >= 0.6 is 0 Å². The Morgan fingerprint density at radius 3 is 0.887 bits per heavy atom. The van der Waals surface area contributed by atoms with E-state index in [9.17, 15) is 14.4 Å². The first-order valence-electron chi connectivity index (χ1n) is 29.7. The Kier molecular flexibility index (Phi) is 55.9. The average Bonchev–Trinajstić information content (AvgIpc) is 3.37. The van der Waals surface area contributed by atoms with Crippen LogP contribution in [0, 0.1) is 0 Å². The molecule has 0 saturated heterocycles. The van der Waals surface area contributed by atoms with Gasteiger partial charge in [0, 0.05) is 19.3 Å². The summed E-state index contributed by atoms with van der Waals surface area (Å²) in [5.41, 5.74) is 0. The van der Waals surface area contributed by atoms with Crippen LogP contribution in [0.3, 0.4) is 0 Å². The Hall–Kier alpha value is -3.67. The molecule has 1 atom stereocenters. The molecular formula is C65H110O6. The third-order valence-corrected chi connectivity index (χ3v) is 12.6. The van der Waals surface area contributed by atoms with Crippen molar-refractivity contribution in [3.05, 3.63) is 97.2 Å². The summed E-state index contributed by atoms with van der Waals surface area (Å²) in [6, 6.07) is 0. The van der Waals surface area contributed by atoms with Crippen molar-refractivity contribution in [3.63, 3.8) is 0 Å². The van der Waals surface area contributed by atoms with E-state index in [-0.39, 0.29) is 31.1 Å². The van der Waals surface area contributed by atoms with Crippen LogP contribution < -0.4 is 0 Å². The van der Waals surface area contributed by atoms with Crippen molar-refractivity contribution in [1.82, 2.24) is 0 Å². The number of hydrogen-bond acceptors (Lipinski definition) is 6. The summed E-state index contributed by atoms with van der Waals surface area (Å²) in [5.74, 6) is -0.944. The quantitative estimate of drug-likeness (QED) is 0.0261. The van der Waals surface area contributed by atoms with E-state index < -0.39 is 6.10 Å². The monoisotopic (exact) mass is 987 g/mol. The Morgan fingerprint density at radius 2 is 0.549 bits per heavy atom. The molecule has 406 valence electrons.